The second kappa shape index (κ2) is 6.74. The van der Waals surface area contributed by atoms with Gasteiger partial charge in [0.15, 0.2) is 0 Å². The minimum atomic E-state index is -0.743. The van der Waals surface area contributed by atoms with Gasteiger partial charge in [-0.2, -0.15) is 0 Å². The molecular formula is C13H16FNO3. The summed E-state index contributed by atoms with van der Waals surface area (Å²) in [6.07, 6.45) is 0.276. The molecule has 0 aliphatic heterocycles. The highest BCUT2D eigenvalue weighted by molar-refractivity contribution is 5.83. The van der Waals surface area contributed by atoms with Crippen LogP contribution in [0.4, 0.5) is 4.39 Å². The van der Waals surface area contributed by atoms with Crippen LogP contribution < -0.4 is 5.32 Å². The predicted octanol–water partition coefficient (Wildman–Crippen LogP) is 1.44. The molecule has 0 aliphatic rings. The van der Waals surface area contributed by atoms with Gasteiger partial charge in [0.1, 0.15) is 11.9 Å². The minimum absolute atomic E-state index is 0.248. The number of amides is 1. The predicted molar refractivity (Wildman–Crippen MR) is 64.3 cm³/mol. The van der Waals surface area contributed by atoms with E-state index in [0.29, 0.717) is 0 Å². The van der Waals surface area contributed by atoms with Crippen LogP contribution >= 0.6 is 0 Å². The van der Waals surface area contributed by atoms with E-state index in [0.717, 1.165) is 5.56 Å². The van der Waals surface area contributed by atoms with E-state index < -0.39 is 12.0 Å². The lowest BCUT2D eigenvalue weighted by Crippen LogP contribution is -2.42. The van der Waals surface area contributed by atoms with Crippen molar-refractivity contribution in [2.75, 3.05) is 6.61 Å². The molecule has 1 N–H and O–H groups in total. The van der Waals surface area contributed by atoms with Gasteiger partial charge in [-0.1, -0.05) is 12.1 Å². The van der Waals surface area contributed by atoms with Gasteiger partial charge in [-0.3, -0.25) is 4.79 Å². The highest BCUT2D eigenvalue weighted by Crippen LogP contribution is 2.07. The molecule has 0 spiro atoms. The topological polar surface area (TPSA) is 55.4 Å². The van der Waals surface area contributed by atoms with E-state index in [1.807, 2.05) is 0 Å². The maximum Gasteiger partial charge on any atom is 0.328 e. The van der Waals surface area contributed by atoms with Crippen molar-refractivity contribution in [2.45, 2.75) is 26.3 Å². The lowest BCUT2D eigenvalue weighted by molar-refractivity contribution is -0.147. The summed E-state index contributed by atoms with van der Waals surface area (Å²) in [5, 5.41) is 2.52. The third-order valence-electron chi connectivity index (χ3n) is 2.30. The van der Waals surface area contributed by atoms with E-state index in [1.54, 1.807) is 19.1 Å². The van der Waals surface area contributed by atoms with Crippen LogP contribution in [0.2, 0.25) is 0 Å². The number of ether oxygens (including phenoxy) is 1. The summed E-state index contributed by atoms with van der Waals surface area (Å²) in [4.78, 5) is 22.7. The highest BCUT2D eigenvalue weighted by Gasteiger charge is 2.20. The fourth-order valence-electron chi connectivity index (χ4n) is 1.54. The molecule has 1 amide bonds. The number of rotatable bonds is 5. The number of hydrogen-bond acceptors (Lipinski definition) is 3. The SMILES string of the molecule is CCOC(=O)[C@@H](Cc1ccc(F)cc1)NC(C)=O. The van der Waals surface area contributed by atoms with Crippen molar-refractivity contribution >= 4 is 11.9 Å². The summed E-state index contributed by atoms with van der Waals surface area (Å²) in [5.41, 5.74) is 0.753. The molecule has 1 atom stereocenters. The standard InChI is InChI=1S/C13H16FNO3/c1-3-18-13(17)12(15-9(2)16)8-10-4-6-11(14)7-5-10/h4-7,12H,3,8H2,1-2H3,(H,15,16)/t12-/m1/s1. The quantitative estimate of drug-likeness (QED) is 0.808. The van der Waals surface area contributed by atoms with Gasteiger partial charge in [0.05, 0.1) is 6.61 Å². The summed E-state index contributed by atoms with van der Waals surface area (Å²) in [6, 6.07) is 5.02. The number of esters is 1. The molecule has 0 saturated carbocycles. The smallest absolute Gasteiger partial charge is 0.328 e. The number of carbonyl (C=O) groups is 2. The summed E-state index contributed by atoms with van der Waals surface area (Å²) in [7, 11) is 0. The van der Waals surface area contributed by atoms with Gasteiger partial charge in [-0.25, -0.2) is 9.18 Å². The Morgan fingerprint density at radius 1 is 1.33 bits per heavy atom. The zero-order valence-corrected chi connectivity index (χ0v) is 10.4. The van der Waals surface area contributed by atoms with Crippen LogP contribution in [0.1, 0.15) is 19.4 Å². The van der Waals surface area contributed by atoms with Gasteiger partial charge >= 0.3 is 5.97 Å². The van der Waals surface area contributed by atoms with E-state index in [-0.39, 0.29) is 24.8 Å². The molecule has 5 heteroatoms. The van der Waals surface area contributed by atoms with Gasteiger partial charge in [-0.05, 0) is 24.6 Å². The Morgan fingerprint density at radius 3 is 2.44 bits per heavy atom. The number of carbonyl (C=O) groups excluding carboxylic acids is 2. The van der Waals surface area contributed by atoms with E-state index in [2.05, 4.69) is 5.32 Å². The first-order valence-electron chi connectivity index (χ1n) is 5.71. The van der Waals surface area contributed by atoms with Crippen molar-refractivity contribution in [1.29, 1.82) is 0 Å². The lowest BCUT2D eigenvalue weighted by atomic mass is 10.1. The van der Waals surface area contributed by atoms with E-state index in [4.69, 9.17) is 4.74 Å². The Labute approximate surface area is 105 Å². The van der Waals surface area contributed by atoms with Crippen LogP contribution in [0.5, 0.6) is 0 Å². The normalized spacial score (nSPS) is 11.7. The molecule has 0 aromatic heterocycles. The molecule has 1 rings (SSSR count). The van der Waals surface area contributed by atoms with E-state index >= 15 is 0 Å². The van der Waals surface area contributed by atoms with Crippen LogP contribution in [-0.4, -0.2) is 24.5 Å². The average molecular weight is 253 g/mol. The molecule has 0 saturated heterocycles. The third kappa shape index (κ3) is 4.53. The summed E-state index contributed by atoms with van der Waals surface area (Å²) in [6.45, 7) is 3.27. The molecule has 98 valence electrons. The first-order chi connectivity index (χ1) is 8.52. The second-order valence-electron chi connectivity index (χ2n) is 3.84. The molecule has 0 fully saturated rings. The molecule has 1 aromatic rings. The maximum atomic E-state index is 12.8. The monoisotopic (exact) mass is 253 g/mol. The first kappa shape index (κ1) is 14.2. The summed E-state index contributed by atoms with van der Waals surface area (Å²) in [5.74, 6) is -1.14. The highest BCUT2D eigenvalue weighted by atomic mass is 19.1. The minimum Gasteiger partial charge on any atom is -0.464 e. The Hall–Kier alpha value is -1.91. The van der Waals surface area contributed by atoms with Crippen molar-refractivity contribution in [3.63, 3.8) is 0 Å². The Kier molecular flexibility index (Phi) is 5.30. The Bertz CT molecular complexity index is 417. The molecule has 0 aliphatic carbocycles. The molecule has 0 bridgehead atoms. The molecular weight excluding hydrogens is 237 g/mol. The van der Waals surface area contributed by atoms with Gasteiger partial charge < -0.3 is 10.1 Å². The van der Waals surface area contributed by atoms with Crippen molar-refractivity contribution in [1.82, 2.24) is 5.32 Å². The third-order valence-corrected chi connectivity index (χ3v) is 2.30. The van der Waals surface area contributed by atoms with Gasteiger partial charge in [-0.15, -0.1) is 0 Å². The fraction of sp³-hybridized carbons (Fsp3) is 0.385. The van der Waals surface area contributed by atoms with Crippen molar-refractivity contribution in [3.05, 3.63) is 35.6 Å². The van der Waals surface area contributed by atoms with Crippen molar-refractivity contribution in [2.24, 2.45) is 0 Å². The van der Waals surface area contributed by atoms with Gasteiger partial charge in [0.25, 0.3) is 0 Å². The molecule has 18 heavy (non-hydrogen) atoms. The van der Waals surface area contributed by atoms with Crippen molar-refractivity contribution in [3.8, 4) is 0 Å². The van der Waals surface area contributed by atoms with Gasteiger partial charge in [0.2, 0.25) is 5.91 Å². The lowest BCUT2D eigenvalue weighted by Gasteiger charge is -2.16. The van der Waals surface area contributed by atoms with Crippen LogP contribution in [0, 0.1) is 5.82 Å². The zero-order valence-electron chi connectivity index (χ0n) is 10.4. The molecule has 0 radical (unpaired) electrons. The number of hydrogen-bond donors (Lipinski definition) is 1. The van der Waals surface area contributed by atoms with Crippen LogP contribution in [0.3, 0.4) is 0 Å². The van der Waals surface area contributed by atoms with Crippen LogP contribution in [-0.2, 0) is 20.7 Å². The van der Waals surface area contributed by atoms with Crippen LogP contribution in [0.25, 0.3) is 0 Å². The van der Waals surface area contributed by atoms with E-state index in [1.165, 1.54) is 19.1 Å². The Balaban J connectivity index is 2.74. The number of benzene rings is 1. The molecule has 1 aromatic carbocycles. The van der Waals surface area contributed by atoms with Gasteiger partial charge in [0, 0.05) is 13.3 Å². The Morgan fingerprint density at radius 2 is 1.94 bits per heavy atom. The zero-order chi connectivity index (χ0) is 13.5. The largest absolute Gasteiger partial charge is 0.464 e. The summed E-state index contributed by atoms with van der Waals surface area (Å²) < 4.78 is 17.6. The fourth-order valence-corrected chi connectivity index (χ4v) is 1.54. The average Bonchev–Trinajstić information content (AvgIpc) is 2.31. The molecule has 0 heterocycles. The molecule has 4 nitrogen and oxygen atoms in total. The molecule has 0 unspecified atom stereocenters. The van der Waals surface area contributed by atoms with Crippen LogP contribution in [0.15, 0.2) is 24.3 Å². The van der Waals surface area contributed by atoms with E-state index in [9.17, 15) is 14.0 Å². The first-order valence-corrected chi connectivity index (χ1v) is 5.71. The second-order valence-corrected chi connectivity index (χ2v) is 3.84. The number of nitrogens with one attached hydrogen (secondary N) is 1. The van der Waals surface area contributed by atoms with Crippen molar-refractivity contribution < 1.29 is 18.7 Å². The maximum absolute atomic E-state index is 12.8. The summed E-state index contributed by atoms with van der Waals surface area (Å²) >= 11 is 0. The number of halogens is 1.